The highest BCUT2D eigenvalue weighted by atomic mass is 32.2. The van der Waals surface area contributed by atoms with Crippen molar-refractivity contribution in [2.75, 3.05) is 6.54 Å². The fraction of sp³-hybridized carbons (Fsp3) is 0.536. The van der Waals surface area contributed by atoms with Crippen LogP contribution in [0.4, 0.5) is 22.0 Å². The highest BCUT2D eigenvalue weighted by Crippen LogP contribution is 2.59. The summed E-state index contributed by atoms with van der Waals surface area (Å²) in [5.41, 5.74) is -3.58. The summed E-state index contributed by atoms with van der Waals surface area (Å²) in [6.45, 7) is 0.982. The number of rotatable bonds is 6. The van der Waals surface area contributed by atoms with Crippen molar-refractivity contribution in [2.45, 2.75) is 73.4 Å². The Kier molecular flexibility index (Phi) is 6.64. The molecular formula is C28H30F5NO3S. The standard InChI is InChI=1S/C28H30F5NO3S/c1-26(30,28(31,32)33)19-6-12-23-18(15-19)5-11-24-22(25(35)34-16-17-3-2-4-17)13-14-27(23,24)38(36,37)21-9-7-20(29)8-10-21/h6-10,12,15,17,22,24H,2-5,11,13-14,16H2,1H3,(H,34,35)/t22-,24+,26?,27-/m1/s1. The van der Waals surface area contributed by atoms with Gasteiger partial charge >= 0.3 is 6.18 Å². The van der Waals surface area contributed by atoms with Gasteiger partial charge in [0, 0.05) is 12.5 Å². The van der Waals surface area contributed by atoms with E-state index >= 15 is 0 Å². The molecular weight excluding hydrogens is 525 g/mol. The number of nitrogens with one attached hydrogen (secondary N) is 1. The average molecular weight is 556 g/mol. The van der Waals surface area contributed by atoms with Gasteiger partial charge in [-0.3, -0.25) is 4.79 Å². The van der Waals surface area contributed by atoms with Crippen molar-refractivity contribution in [3.63, 3.8) is 0 Å². The van der Waals surface area contributed by atoms with Crippen LogP contribution in [0.5, 0.6) is 0 Å². The molecule has 4 atom stereocenters. The number of hydrogen-bond acceptors (Lipinski definition) is 3. The van der Waals surface area contributed by atoms with Crippen molar-refractivity contribution in [3.8, 4) is 0 Å². The molecule has 2 aromatic carbocycles. The maximum atomic E-state index is 14.8. The summed E-state index contributed by atoms with van der Waals surface area (Å²) in [5.74, 6) is -1.63. The third kappa shape index (κ3) is 4.14. The van der Waals surface area contributed by atoms with Gasteiger partial charge in [-0.05, 0) is 98.2 Å². The lowest BCUT2D eigenvalue weighted by Gasteiger charge is -2.42. The molecule has 0 heterocycles. The van der Waals surface area contributed by atoms with Crippen molar-refractivity contribution in [1.82, 2.24) is 5.32 Å². The molecule has 38 heavy (non-hydrogen) atoms. The van der Waals surface area contributed by atoms with Gasteiger partial charge < -0.3 is 5.32 Å². The Morgan fingerprint density at radius 1 is 1.03 bits per heavy atom. The first-order valence-corrected chi connectivity index (χ1v) is 14.4. The van der Waals surface area contributed by atoms with E-state index in [-0.39, 0.29) is 36.5 Å². The number of alkyl halides is 4. The van der Waals surface area contributed by atoms with Crippen LogP contribution in [0.15, 0.2) is 47.4 Å². The number of hydrogen-bond donors (Lipinski definition) is 1. The Balaban J connectivity index is 1.60. The molecule has 2 aromatic rings. The van der Waals surface area contributed by atoms with E-state index in [9.17, 15) is 35.2 Å². The molecule has 0 aliphatic heterocycles. The Morgan fingerprint density at radius 3 is 2.32 bits per heavy atom. The number of carbonyl (C=O) groups is 1. The maximum absolute atomic E-state index is 14.8. The molecule has 1 amide bonds. The third-order valence-electron chi connectivity index (χ3n) is 9.00. The average Bonchev–Trinajstić information content (AvgIpc) is 3.24. The fourth-order valence-corrected chi connectivity index (χ4v) is 8.99. The molecule has 0 spiro atoms. The molecule has 4 nitrogen and oxygen atoms in total. The second-order valence-electron chi connectivity index (χ2n) is 11.1. The summed E-state index contributed by atoms with van der Waals surface area (Å²) in [5, 5.41) is 2.99. The summed E-state index contributed by atoms with van der Waals surface area (Å²) in [6, 6.07) is 7.83. The third-order valence-corrected chi connectivity index (χ3v) is 11.6. The van der Waals surface area contributed by atoms with E-state index in [4.69, 9.17) is 0 Å². The second kappa shape index (κ2) is 9.31. The Bertz CT molecular complexity index is 1340. The van der Waals surface area contributed by atoms with Crippen LogP contribution in [0, 0.1) is 23.6 Å². The molecule has 3 aliphatic rings. The van der Waals surface area contributed by atoms with Gasteiger partial charge in [0.1, 0.15) is 10.6 Å². The molecule has 2 fully saturated rings. The van der Waals surface area contributed by atoms with Gasteiger partial charge in [-0.1, -0.05) is 24.6 Å². The molecule has 0 radical (unpaired) electrons. The number of halogens is 5. The van der Waals surface area contributed by atoms with Crippen LogP contribution in [0.25, 0.3) is 0 Å². The molecule has 0 bridgehead atoms. The van der Waals surface area contributed by atoms with Gasteiger partial charge in [-0.15, -0.1) is 0 Å². The highest BCUT2D eigenvalue weighted by Gasteiger charge is 2.62. The second-order valence-corrected chi connectivity index (χ2v) is 13.3. The minimum absolute atomic E-state index is 0.0808. The molecule has 1 N–H and O–H groups in total. The van der Waals surface area contributed by atoms with Crippen molar-refractivity contribution < 1.29 is 35.2 Å². The first-order chi connectivity index (χ1) is 17.8. The number of aryl methyl sites for hydroxylation is 1. The minimum Gasteiger partial charge on any atom is -0.356 e. The van der Waals surface area contributed by atoms with Crippen LogP contribution in [-0.2, 0) is 31.5 Å². The molecule has 1 unspecified atom stereocenters. The van der Waals surface area contributed by atoms with Gasteiger partial charge in [0.25, 0.3) is 0 Å². The predicted molar refractivity (Wildman–Crippen MR) is 131 cm³/mol. The number of amides is 1. The van der Waals surface area contributed by atoms with Crippen LogP contribution < -0.4 is 5.32 Å². The van der Waals surface area contributed by atoms with E-state index < -0.39 is 49.6 Å². The van der Waals surface area contributed by atoms with Gasteiger partial charge in [-0.25, -0.2) is 17.2 Å². The SMILES string of the molecule is CC(F)(c1ccc2c(c1)CC[C@H]1[C@H](C(=O)NCC3CCC3)CC[C@@]21S(=O)(=O)c1ccc(F)cc1)C(F)(F)F. The Labute approximate surface area is 218 Å². The van der Waals surface area contributed by atoms with Crippen molar-refractivity contribution >= 4 is 15.7 Å². The first kappa shape index (κ1) is 27.1. The number of fused-ring (bicyclic) bond motifs is 3. The summed E-state index contributed by atoms with van der Waals surface area (Å²) in [4.78, 5) is 13.1. The van der Waals surface area contributed by atoms with Gasteiger partial charge in [0.2, 0.25) is 11.6 Å². The summed E-state index contributed by atoms with van der Waals surface area (Å²) in [6.07, 6.45) is -1.12. The Morgan fingerprint density at radius 2 is 1.71 bits per heavy atom. The van der Waals surface area contributed by atoms with E-state index in [1.807, 2.05) is 0 Å². The first-order valence-electron chi connectivity index (χ1n) is 13.0. The normalized spacial score (nSPS) is 27.1. The van der Waals surface area contributed by atoms with Gasteiger partial charge in [0.05, 0.1) is 4.90 Å². The number of carbonyl (C=O) groups excluding carboxylic acids is 1. The van der Waals surface area contributed by atoms with Crippen LogP contribution in [0.1, 0.15) is 62.1 Å². The van der Waals surface area contributed by atoms with E-state index in [0.717, 1.165) is 43.5 Å². The lowest BCUT2D eigenvalue weighted by Crippen LogP contribution is -2.47. The maximum Gasteiger partial charge on any atom is 0.426 e. The number of sulfone groups is 1. The largest absolute Gasteiger partial charge is 0.426 e. The summed E-state index contributed by atoms with van der Waals surface area (Å²) < 4.78 is 95.8. The van der Waals surface area contributed by atoms with Crippen molar-refractivity contribution in [3.05, 3.63) is 65.0 Å². The molecule has 3 aliphatic carbocycles. The van der Waals surface area contributed by atoms with Crippen LogP contribution in [-0.4, -0.2) is 27.0 Å². The zero-order valence-corrected chi connectivity index (χ0v) is 21.8. The van der Waals surface area contributed by atoms with Crippen LogP contribution >= 0.6 is 0 Å². The zero-order chi connectivity index (χ0) is 27.5. The molecule has 0 aromatic heterocycles. The number of benzene rings is 2. The molecule has 0 saturated heterocycles. The summed E-state index contributed by atoms with van der Waals surface area (Å²) >= 11 is 0. The van der Waals surface area contributed by atoms with E-state index in [0.29, 0.717) is 30.5 Å². The topological polar surface area (TPSA) is 63.2 Å². The van der Waals surface area contributed by atoms with E-state index in [1.165, 1.54) is 18.2 Å². The molecule has 2 saturated carbocycles. The highest BCUT2D eigenvalue weighted by molar-refractivity contribution is 7.92. The predicted octanol–water partition coefficient (Wildman–Crippen LogP) is 6.13. The Hall–Kier alpha value is -2.49. The summed E-state index contributed by atoms with van der Waals surface area (Å²) in [7, 11) is -4.22. The smallest absolute Gasteiger partial charge is 0.356 e. The quantitative estimate of drug-likeness (QED) is 0.345. The lowest BCUT2D eigenvalue weighted by atomic mass is 9.72. The fourth-order valence-electron chi connectivity index (χ4n) is 6.52. The van der Waals surface area contributed by atoms with Crippen molar-refractivity contribution in [1.29, 1.82) is 0 Å². The monoisotopic (exact) mass is 555 g/mol. The van der Waals surface area contributed by atoms with E-state index in [2.05, 4.69) is 5.32 Å². The zero-order valence-electron chi connectivity index (χ0n) is 21.0. The van der Waals surface area contributed by atoms with Crippen LogP contribution in [0.2, 0.25) is 0 Å². The molecule has 5 rings (SSSR count). The van der Waals surface area contributed by atoms with Crippen molar-refractivity contribution in [2.24, 2.45) is 17.8 Å². The minimum atomic E-state index is -5.15. The van der Waals surface area contributed by atoms with Crippen LogP contribution in [0.3, 0.4) is 0 Å². The van der Waals surface area contributed by atoms with E-state index in [1.54, 1.807) is 0 Å². The van der Waals surface area contributed by atoms with Gasteiger partial charge in [-0.2, -0.15) is 13.2 Å². The lowest BCUT2D eigenvalue weighted by molar-refractivity contribution is -0.228. The molecule has 206 valence electrons. The van der Waals surface area contributed by atoms with Gasteiger partial charge in [0.15, 0.2) is 9.84 Å². The molecule has 10 heteroatoms.